The van der Waals surface area contributed by atoms with Crippen LogP contribution in [0.15, 0.2) is 4.42 Å². The van der Waals surface area contributed by atoms with Gasteiger partial charge >= 0.3 is 6.43 Å². The van der Waals surface area contributed by atoms with E-state index in [4.69, 9.17) is 4.42 Å². The van der Waals surface area contributed by atoms with E-state index < -0.39 is 12.3 Å². The van der Waals surface area contributed by atoms with Crippen molar-refractivity contribution in [1.82, 2.24) is 10.2 Å². The van der Waals surface area contributed by atoms with E-state index in [1.807, 2.05) is 0 Å². The van der Waals surface area contributed by atoms with Crippen LogP contribution in [0.5, 0.6) is 0 Å². The molecule has 1 aliphatic heterocycles. The molecule has 1 aromatic rings. The standard InChI is InChI=1S/C7H8F2N2OS/c8-5(9)7-11-10-6(12-7)4-1-2-13-3-4/h4-5H,1-3H2. The molecule has 3 nitrogen and oxygen atoms in total. The number of hydrogen-bond donors (Lipinski definition) is 0. The molecule has 0 saturated carbocycles. The third kappa shape index (κ3) is 1.82. The molecule has 72 valence electrons. The van der Waals surface area contributed by atoms with Crippen molar-refractivity contribution in [1.29, 1.82) is 0 Å². The van der Waals surface area contributed by atoms with E-state index >= 15 is 0 Å². The van der Waals surface area contributed by atoms with Gasteiger partial charge in [-0.2, -0.15) is 20.5 Å². The van der Waals surface area contributed by atoms with Crippen LogP contribution >= 0.6 is 11.8 Å². The zero-order valence-electron chi connectivity index (χ0n) is 6.74. The molecule has 1 unspecified atom stereocenters. The minimum atomic E-state index is -2.66. The molecular weight excluding hydrogens is 198 g/mol. The molecule has 0 amide bonds. The Bertz CT molecular complexity index is 286. The van der Waals surface area contributed by atoms with Gasteiger partial charge in [-0.15, -0.1) is 10.2 Å². The highest BCUT2D eigenvalue weighted by Gasteiger charge is 2.25. The van der Waals surface area contributed by atoms with Crippen molar-refractivity contribution in [2.75, 3.05) is 11.5 Å². The molecule has 1 aromatic heterocycles. The lowest BCUT2D eigenvalue weighted by Gasteiger charge is -1.99. The Morgan fingerprint density at radius 2 is 2.31 bits per heavy atom. The second-order valence-electron chi connectivity index (χ2n) is 2.84. The van der Waals surface area contributed by atoms with Crippen molar-refractivity contribution < 1.29 is 13.2 Å². The molecule has 1 fully saturated rings. The van der Waals surface area contributed by atoms with Gasteiger partial charge in [-0.1, -0.05) is 0 Å². The van der Waals surface area contributed by atoms with Crippen LogP contribution < -0.4 is 0 Å². The third-order valence-electron chi connectivity index (χ3n) is 1.92. The molecule has 1 aliphatic rings. The van der Waals surface area contributed by atoms with Crippen molar-refractivity contribution in [3.05, 3.63) is 11.8 Å². The number of alkyl halides is 2. The van der Waals surface area contributed by atoms with Crippen molar-refractivity contribution in [3.63, 3.8) is 0 Å². The lowest BCUT2D eigenvalue weighted by Crippen LogP contribution is -1.95. The molecule has 2 rings (SSSR count). The van der Waals surface area contributed by atoms with Crippen LogP contribution in [0.2, 0.25) is 0 Å². The van der Waals surface area contributed by atoms with E-state index in [9.17, 15) is 8.78 Å². The van der Waals surface area contributed by atoms with Crippen LogP contribution in [0, 0.1) is 0 Å². The maximum absolute atomic E-state index is 12.1. The van der Waals surface area contributed by atoms with Crippen molar-refractivity contribution >= 4 is 11.8 Å². The van der Waals surface area contributed by atoms with E-state index in [0.29, 0.717) is 5.89 Å². The van der Waals surface area contributed by atoms with E-state index in [0.717, 1.165) is 17.9 Å². The molecule has 0 bridgehead atoms. The van der Waals surface area contributed by atoms with Gasteiger partial charge in [-0.3, -0.25) is 0 Å². The summed E-state index contributed by atoms with van der Waals surface area (Å²) in [6.45, 7) is 0. The smallest absolute Gasteiger partial charge is 0.314 e. The molecule has 2 heterocycles. The van der Waals surface area contributed by atoms with E-state index in [2.05, 4.69) is 10.2 Å². The molecule has 0 spiro atoms. The van der Waals surface area contributed by atoms with Gasteiger partial charge in [0.25, 0.3) is 5.89 Å². The summed E-state index contributed by atoms with van der Waals surface area (Å²) in [7, 11) is 0. The number of nitrogens with zero attached hydrogens (tertiary/aromatic N) is 2. The zero-order valence-corrected chi connectivity index (χ0v) is 7.56. The van der Waals surface area contributed by atoms with Crippen molar-refractivity contribution in [2.45, 2.75) is 18.8 Å². The third-order valence-corrected chi connectivity index (χ3v) is 3.08. The highest BCUT2D eigenvalue weighted by atomic mass is 32.2. The number of thioether (sulfide) groups is 1. The van der Waals surface area contributed by atoms with Crippen LogP contribution in [-0.4, -0.2) is 21.7 Å². The van der Waals surface area contributed by atoms with Gasteiger partial charge in [0.2, 0.25) is 5.89 Å². The van der Waals surface area contributed by atoms with Crippen LogP contribution in [0.1, 0.15) is 30.5 Å². The molecule has 6 heteroatoms. The monoisotopic (exact) mass is 206 g/mol. The van der Waals surface area contributed by atoms with Gasteiger partial charge in [0, 0.05) is 11.7 Å². The Morgan fingerprint density at radius 1 is 1.46 bits per heavy atom. The molecule has 1 atom stereocenters. The van der Waals surface area contributed by atoms with E-state index in [-0.39, 0.29) is 5.92 Å². The predicted octanol–water partition coefficient (Wildman–Crippen LogP) is 2.23. The highest BCUT2D eigenvalue weighted by molar-refractivity contribution is 7.99. The molecule has 1 saturated heterocycles. The fraction of sp³-hybridized carbons (Fsp3) is 0.714. The van der Waals surface area contributed by atoms with Crippen molar-refractivity contribution in [2.24, 2.45) is 0 Å². The number of hydrogen-bond acceptors (Lipinski definition) is 4. The lowest BCUT2D eigenvalue weighted by atomic mass is 10.1. The molecule has 0 N–H and O–H groups in total. The maximum Gasteiger partial charge on any atom is 0.314 e. The predicted molar refractivity (Wildman–Crippen MR) is 43.9 cm³/mol. The van der Waals surface area contributed by atoms with Crippen molar-refractivity contribution in [3.8, 4) is 0 Å². The molecule has 13 heavy (non-hydrogen) atoms. The first kappa shape index (κ1) is 8.93. The number of halogens is 2. The minimum absolute atomic E-state index is 0.171. The Hall–Kier alpha value is -0.650. The average molecular weight is 206 g/mol. The summed E-state index contributed by atoms with van der Waals surface area (Å²) < 4.78 is 29.0. The summed E-state index contributed by atoms with van der Waals surface area (Å²) in [4.78, 5) is 0. The minimum Gasteiger partial charge on any atom is -0.419 e. The number of aromatic nitrogens is 2. The fourth-order valence-corrected chi connectivity index (χ4v) is 2.44. The fourth-order valence-electron chi connectivity index (χ4n) is 1.23. The molecule has 0 radical (unpaired) electrons. The van der Waals surface area contributed by atoms with Crippen LogP contribution in [-0.2, 0) is 0 Å². The van der Waals surface area contributed by atoms with E-state index in [1.165, 1.54) is 0 Å². The van der Waals surface area contributed by atoms with Gasteiger partial charge in [0.05, 0.1) is 0 Å². The van der Waals surface area contributed by atoms with Gasteiger partial charge in [0.1, 0.15) is 0 Å². The lowest BCUT2D eigenvalue weighted by molar-refractivity contribution is 0.113. The first-order chi connectivity index (χ1) is 6.27. The summed E-state index contributed by atoms with van der Waals surface area (Å²) in [6.07, 6.45) is -1.72. The SMILES string of the molecule is FC(F)c1nnc(C2CCSC2)o1. The Balaban J connectivity index is 2.12. The van der Waals surface area contributed by atoms with Gasteiger partial charge < -0.3 is 4.42 Å². The van der Waals surface area contributed by atoms with Gasteiger partial charge in [0.15, 0.2) is 0 Å². The Labute approximate surface area is 77.9 Å². The zero-order chi connectivity index (χ0) is 9.26. The number of rotatable bonds is 2. The molecule has 0 aromatic carbocycles. The first-order valence-electron chi connectivity index (χ1n) is 3.96. The van der Waals surface area contributed by atoms with Crippen LogP contribution in [0.25, 0.3) is 0 Å². The van der Waals surface area contributed by atoms with Gasteiger partial charge in [-0.05, 0) is 12.2 Å². The Kier molecular flexibility index (Phi) is 2.48. The topological polar surface area (TPSA) is 38.9 Å². The Morgan fingerprint density at radius 3 is 2.85 bits per heavy atom. The summed E-state index contributed by atoms with van der Waals surface area (Å²) >= 11 is 1.78. The molecule has 0 aliphatic carbocycles. The largest absolute Gasteiger partial charge is 0.419 e. The second-order valence-corrected chi connectivity index (χ2v) is 3.99. The highest BCUT2D eigenvalue weighted by Crippen LogP contribution is 2.32. The average Bonchev–Trinajstić information content (AvgIpc) is 2.75. The summed E-state index contributed by atoms with van der Waals surface area (Å²) in [5, 5.41) is 6.89. The van der Waals surface area contributed by atoms with Crippen LogP contribution in [0.4, 0.5) is 8.78 Å². The summed E-state index contributed by atoms with van der Waals surface area (Å²) in [6, 6.07) is 0. The van der Waals surface area contributed by atoms with Gasteiger partial charge in [-0.25, -0.2) is 0 Å². The second kappa shape index (κ2) is 3.61. The maximum atomic E-state index is 12.1. The summed E-state index contributed by atoms with van der Waals surface area (Å²) in [5.74, 6) is 1.90. The molecular formula is C7H8F2N2OS. The van der Waals surface area contributed by atoms with E-state index in [1.54, 1.807) is 11.8 Å². The summed E-state index contributed by atoms with van der Waals surface area (Å²) in [5.41, 5.74) is 0. The van der Waals surface area contributed by atoms with Crippen LogP contribution in [0.3, 0.4) is 0 Å². The first-order valence-corrected chi connectivity index (χ1v) is 5.12. The quantitative estimate of drug-likeness (QED) is 0.743. The normalized spacial score (nSPS) is 22.8.